The number of methoxy groups -OCH3 is 1. The summed E-state index contributed by atoms with van der Waals surface area (Å²) in [6.45, 7) is 6.97. The van der Waals surface area contributed by atoms with Gasteiger partial charge in [-0.3, -0.25) is 0 Å². The molecule has 1 unspecified atom stereocenters. The number of hydrogen-bond acceptors (Lipinski definition) is 3. The standard InChI is InChI=1S/C11H21N3O/c1-4-10(2)9-13-11-12-5-6-14(11)7-8-15-3/h5-6,10H,4,7-9H2,1-3H3,(H,12,13). The minimum Gasteiger partial charge on any atom is -0.383 e. The molecule has 4 heteroatoms. The van der Waals surface area contributed by atoms with Crippen LogP contribution in [0.15, 0.2) is 12.4 Å². The molecular formula is C11H21N3O. The van der Waals surface area contributed by atoms with Crippen LogP contribution in [-0.2, 0) is 11.3 Å². The van der Waals surface area contributed by atoms with Gasteiger partial charge in [-0.1, -0.05) is 20.3 Å². The Morgan fingerprint density at radius 2 is 2.40 bits per heavy atom. The fourth-order valence-electron chi connectivity index (χ4n) is 1.26. The smallest absolute Gasteiger partial charge is 0.202 e. The average Bonchev–Trinajstić information content (AvgIpc) is 2.70. The first kappa shape index (κ1) is 12.0. The van der Waals surface area contributed by atoms with E-state index in [0.717, 1.165) is 19.0 Å². The minimum atomic E-state index is 0.678. The Labute approximate surface area is 91.7 Å². The number of rotatable bonds is 7. The third-order valence-electron chi connectivity index (χ3n) is 2.56. The van der Waals surface area contributed by atoms with Gasteiger partial charge < -0.3 is 14.6 Å². The summed E-state index contributed by atoms with van der Waals surface area (Å²) in [5.74, 6) is 1.62. The van der Waals surface area contributed by atoms with Gasteiger partial charge in [-0.25, -0.2) is 4.98 Å². The van der Waals surface area contributed by atoms with Crippen LogP contribution in [0.25, 0.3) is 0 Å². The van der Waals surface area contributed by atoms with E-state index in [1.165, 1.54) is 6.42 Å². The predicted octanol–water partition coefficient (Wildman–Crippen LogP) is 1.99. The largest absolute Gasteiger partial charge is 0.383 e. The molecule has 86 valence electrons. The van der Waals surface area contributed by atoms with Crippen LogP contribution in [0.3, 0.4) is 0 Å². The van der Waals surface area contributed by atoms with Gasteiger partial charge in [-0.15, -0.1) is 0 Å². The monoisotopic (exact) mass is 211 g/mol. The zero-order valence-corrected chi connectivity index (χ0v) is 9.86. The van der Waals surface area contributed by atoms with Crippen molar-refractivity contribution in [3.05, 3.63) is 12.4 Å². The van der Waals surface area contributed by atoms with Gasteiger partial charge in [-0.2, -0.15) is 0 Å². The van der Waals surface area contributed by atoms with Gasteiger partial charge in [-0.05, 0) is 5.92 Å². The van der Waals surface area contributed by atoms with E-state index in [1.807, 2.05) is 12.4 Å². The Hall–Kier alpha value is -1.03. The van der Waals surface area contributed by atoms with Crippen LogP contribution in [0.5, 0.6) is 0 Å². The molecule has 1 heterocycles. The molecule has 1 aromatic heterocycles. The highest BCUT2D eigenvalue weighted by Gasteiger charge is 2.03. The van der Waals surface area contributed by atoms with Crippen LogP contribution in [0.1, 0.15) is 20.3 Å². The van der Waals surface area contributed by atoms with Gasteiger partial charge in [0.25, 0.3) is 0 Å². The molecule has 1 N–H and O–H groups in total. The number of aromatic nitrogens is 2. The van der Waals surface area contributed by atoms with Crippen molar-refractivity contribution >= 4 is 5.95 Å². The van der Waals surface area contributed by atoms with E-state index in [9.17, 15) is 0 Å². The van der Waals surface area contributed by atoms with E-state index in [-0.39, 0.29) is 0 Å². The number of nitrogens with zero attached hydrogens (tertiary/aromatic N) is 2. The number of hydrogen-bond donors (Lipinski definition) is 1. The first-order chi connectivity index (χ1) is 7.27. The van der Waals surface area contributed by atoms with Gasteiger partial charge in [0, 0.05) is 32.6 Å². The summed E-state index contributed by atoms with van der Waals surface area (Å²) in [4.78, 5) is 4.27. The molecule has 4 nitrogen and oxygen atoms in total. The highest BCUT2D eigenvalue weighted by Crippen LogP contribution is 2.07. The normalized spacial score (nSPS) is 12.7. The fraction of sp³-hybridized carbons (Fsp3) is 0.727. The van der Waals surface area contributed by atoms with Crippen molar-refractivity contribution in [2.75, 3.05) is 25.6 Å². The molecule has 0 amide bonds. The number of anilines is 1. The number of nitrogens with one attached hydrogen (secondary N) is 1. The van der Waals surface area contributed by atoms with Crippen molar-refractivity contribution in [3.63, 3.8) is 0 Å². The van der Waals surface area contributed by atoms with Gasteiger partial charge in [0.2, 0.25) is 5.95 Å². The number of ether oxygens (including phenoxy) is 1. The Balaban J connectivity index is 2.42. The fourth-order valence-corrected chi connectivity index (χ4v) is 1.26. The lowest BCUT2D eigenvalue weighted by Gasteiger charge is -2.12. The molecule has 0 aromatic carbocycles. The van der Waals surface area contributed by atoms with Crippen molar-refractivity contribution in [2.24, 2.45) is 5.92 Å². The quantitative estimate of drug-likeness (QED) is 0.749. The summed E-state index contributed by atoms with van der Waals surface area (Å²) < 4.78 is 7.12. The summed E-state index contributed by atoms with van der Waals surface area (Å²) >= 11 is 0. The van der Waals surface area contributed by atoms with Crippen molar-refractivity contribution < 1.29 is 4.74 Å². The first-order valence-electron chi connectivity index (χ1n) is 5.51. The van der Waals surface area contributed by atoms with Crippen molar-refractivity contribution in [1.29, 1.82) is 0 Å². The zero-order valence-electron chi connectivity index (χ0n) is 9.86. The maximum absolute atomic E-state index is 5.04. The zero-order chi connectivity index (χ0) is 11.1. The molecule has 1 aromatic rings. The Bertz CT molecular complexity index is 273. The molecule has 0 saturated heterocycles. The van der Waals surface area contributed by atoms with Crippen molar-refractivity contribution in [3.8, 4) is 0 Å². The lowest BCUT2D eigenvalue weighted by Crippen LogP contribution is -2.15. The van der Waals surface area contributed by atoms with E-state index in [4.69, 9.17) is 4.74 Å². The Morgan fingerprint density at radius 1 is 1.60 bits per heavy atom. The van der Waals surface area contributed by atoms with Crippen LogP contribution in [-0.4, -0.2) is 29.8 Å². The van der Waals surface area contributed by atoms with Gasteiger partial charge in [0.15, 0.2) is 0 Å². The van der Waals surface area contributed by atoms with Crippen molar-refractivity contribution in [1.82, 2.24) is 9.55 Å². The summed E-state index contributed by atoms with van der Waals surface area (Å²) in [6.07, 6.45) is 4.97. The molecule has 0 spiro atoms. The molecule has 1 rings (SSSR count). The highest BCUT2D eigenvalue weighted by molar-refractivity contribution is 5.25. The van der Waals surface area contributed by atoms with Crippen molar-refractivity contribution in [2.45, 2.75) is 26.8 Å². The van der Waals surface area contributed by atoms with Gasteiger partial charge in [0.1, 0.15) is 0 Å². The summed E-state index contributed by atoms with van der Waals surface area (Å²) in [5, 5.41) is 3.35. The molecule has 1 atom stereocenters. The lowest BCUT2D eigenvalue weighted by atomic mass is 10.1. The number of imidazole rings is 1. The van der Waals surface area contributed by atoms with Crippen LogP contribution in [0.2, 0.25) is 0 Å². The topological polar surface area (TPSA) is 39.1 Å². The second-order valence-electron chi connectivity index (χ2n) is 3.83. The molecule has 0 aliphatic heterocycles. The molecule has 0 bridgehead atoms. The molecular weight excluding hydrogens is 190 g/mol. The third kappa shape index (κ3) is 3.91. The molecule has 15 heavy (non-hydrogen) atoms. The molecule has 0 aliphatic carbocycles. The van der Waals surface area contributed by atoms with Crippen LogP contribution < -0.4 is 5.32 Å². The second kappa shape index (κ2) is 6.45. The Morgan fingerprint density at radius 3 is 3.07 bits per heavy atom. The molecule has 0 radical (unpaired) electrons. The maximum atomic E-state index is 5.04. The highest BCUT2D eigenvalue weighted by atomic mass is 16.5. The van der Waals surface area contributed by atoms with E-state index in [1.54, 1.807) is 7.11 Å². The van der Waals surface area contributed by atoms with Crippen LogP contribution >= 0.6 is 0 Å². The average molecular weight is 211 g/mol. The van der Waals surface area contributed by atoms with Crippen LogP contribution in [0.4, 0.5) is 5.95 Å². The van der Waals surface area contributed by atoms with Crippen LogP contribution in [0, 0.1) is 5.92 Å². The van der Waals surface area contributed by atoms with E-state index in [2.05, 4.69) is 28.7 Å². The minimum absolute atomic E-state index is 0.678. The summed E-state index contributed by atoms with van der Waals surface area (Å²) in [5.41, 5.74) is 0. The van der Waals surface area contributed by atoms with Gasteiger partial charge in [0.05, 0.1) is 6.61 Å². The summed E-state index contributed by atoms with van der Waals surface area (Å²) in [6, 6.07) is 0. The maximum Gasteiger partial charge on any atom is 0.202 e. The Kier molecular flexibility index (Phi) is 5.18. The third-order valence-corrected chi connectivity index (χ3v) is 2.56. The summed E-state index contributed by atoms with van der Waals surface area (Å²) in [7, 11) is 1.71. The van der Waals surface area contributed by atoms with Gasteiger partial charge >= 0.3 is 0 Å². The molecule has 0 aliphatic rings. The molecule has 0 saturated carbocycles. The molecule has 0 fully saturated rings. The second-order valence-corrected chi connectivity index (χ2v) is 3.83. The van der Waals surface area contributed by atoms with E-state index in [0.29, 0.717) is 12.5 Å². The SMILES string of the molecule is CCC(C)CNc1nccn1CCOC. The van der Waals surface area contributed by atoms with E-state index < -0.39 is 0 Å². The van der Waals surface area contributed by atoms with E-state index >= 15 is 0 Å². The lowest BCUT2D eigenvalue weighted by molar-refractivity contribution is 0.187. The first-order valence-corrected chi connectivity index (χ1v) is 5.51. The predicted molar refractivity (Wildman–Crippen MR) is 62.0 cm³/mol.